The first-order chi connectivity index (χ1) is 17.7. The zero-order valence-corrected chi connectivity index (χ0v) is 22.4. The Labute approximate surface area is 216 Å². The number of carbonyl (C=O) groups is 1. The van der Waals surface area contributed by atoms with Crippen molar-refractivity contribution in [3.63, 3.8) is 0 Å². The van der Waals surface area contributed by atoms with Crippen molar-refractivity contribution in [1.82, 2.24) is 39.4 Å². The molecule has 2 unspecified atom stereocenters. The van der Waals surface area contributed by atoms with Gasteiger partial charge in [-0.3, -0.25) is 0 Å². The fourth-order valence-corrected chi connectivity index (χ4v) is 4.95. The van der Waals surface area contributed by atoms with E-state index in [0.29, 0.717) is 36.5 Å². The minimum atomic E-state index is -0.489. The van der Waals surface area contributed by atoms with Crippen LogP contribution in [0.1, 0.15) is 41.0 Å². The summed E-state index contributed by atoms with van der Waals surface area (Å²) in [5, 5.41) is 0. The molecule has 2 aliphatic heterocycles. The number of hydrogen-bond donors (Lipinski definition) is 1. The molecule has 0 radical (unpaired) electrons. The van der Waals surface area contributed by atoms with E-state index in [1.807, 2.05) is 49.5 Å². The van der Waals surface area contributed by atoms with Crippen LogP contribution in [0.15, 0.2) is 24.9 Å². The second kappa shape index (κ2) is 9.60. The Balaban J connectivity index is 0.000000892. The molecule has 37 heavy (non-hydrogen) atoms. The van der Waals surface area contributed by atoms with Gasteiger partial charge < -0.3 is 24.1 Å². The van der Waals surface area contributed by atoms with Crippen LogP contribution in [0.4, 0.5) is 10.7 Å². The van der Waals surface area contributed by atoms with Crippen molar-refractivity contribution < 1.29 is 9.53 Å². The highest BCUT2D eigenvalue weighted by Gasteiger charge is 2.43. The molecule has 2 aliphatic rings. The molecule has 11 heteroatoms. The second-order valence-electron chi connectivity index (χ2n) is 10.9. The average Bonchev–Trinajstić information content (AvgIpc) is 3.60. The highest BCUT2D eigenvalue weighted by Crippen LogP contribution is 2.35. The third-order valence-electron chi connectivity index (χ3n) is 6.52. The van der Waals surface area contributed by atoms with E-state index in [1.54, 1.807) is 12.7 Å². The van der Waals surface area contributed by atoms with Crippen molar-refractivity contribution in [2.45, 2.75) is 46.6 Å². The van der Waals surface area contributed by atoms with Crippen molar-refractivity contribution >= 4 is 34.4 Å². The molecule has 11 nitrogen and oxygen atoms in total. The number of carbonyl (C=O) groups excluding carboxylic acids is 1. The monoisotopic (exact) mass is 505 g/mol. The fourth-order valence-electron chi connectivity index (χ4n) is 4.95. The predicted molar refractivity (Wildman–Crippen MR) is 142 cm³/mol. The number of ether oxygens (including phenoxy) is 1. The van der Waals surface area contributed by atoms with Gasteiger partial charge >= 0.3 is 6.09 Å². The van der Waals surface area contributed by atoms with Gasteiger partial charge in [0, 0.05) is 56.8 Å². The third kappa shape index (κ3) is 4.94. The normalized spacial score (nSPS) is 19.3. The maximum atomic E-state index is 12.5. The van der Waals surface area contributed by atoms with E-state index >= 15 is 0 Å². The van der Waals surface area contributed by atoms with Crippen LogP contribution in [0.2, 0.25) is 0 Å². The van der Waals surface area contributed by atoms with Gasteiger partial charge in [-0.2, -0.15) is 4.98 Å². The van der Waals surface area contributed by atoms with Crippen molar-refractivity contribution in [2.75, 3.05) is 31.1 Å². The van der Waals surface area contributed by atoms with Crippen LogP contribution in [-0.4, -0.2) is 77.2 Å². The fraction of sp³-hybridized carbons (Fsp3) is 0.538. The van der Waals surface area contributed by atoms with Crippen molar-refractivity contribution in [3.05, 3.63) is 24.9 Å². The number of aromatic amines is 1. The van der Waals surface area contributed by atoms with Crippen LogP contribution < -0.4 is 4.90 Å². The largest absolute Gasteiger partial charge is 0.444 e. The summed E-state index contributed by atoms with van der Waals surface area (Å²) in [7, 11) is 1.92. The molecule has 2 fully saturated rings. The van der Waals surface area contributed by atoms with Gasteiger partial charge in [0.1, 0.15) is 22.3 Å². The number of H-pyrrole nitrogens is 1. The number of likely N-dealkylation sites (tertiary alicyclic amines) is 1. The minimum absolute atomic E-state index is 0.234. The van der Waals surface area contributed by atoms with Gasteiger partial charge in [-0.25, -0.2) is 24.7 Å². The molecule has 6 heterocycles. The number of pyridine rings is 1. The molecule has 0 aliphatic carbocycles. The molecule has 1 N–H and O–H groups in total. The highest BCUT2D eigenvalue weighted by molar-refractivity contribution is 5.90. The van der Waals surface area contributed by atoms with Gasteiger partial charge in [-0.05, 0) is 26.8 Å². The first kappa shape index (κ1) is 24.9. The van der Waals surface area contributed by atoms with Gasteiger partial charge in [0.2, 0.25) is 5.95 Å². The van der Waals surface area contributed by atoms with Gasteiger partial charge in [-0.1, -0.05) is 20.3 Å². The van der Waals surface area contributed by atoms with Crippen molar-refractivity contribution in [3.8, 4) is 11.3 Å². The number of fused-ring (bicyclic) bond motifs is 3. The molecular formula is C26H35N9O2. The molecule has 4 aromatic rings. The van der Waals surface area contributed by atoms with Crippen LogP contribution in [0.5, 0.6) is 0 Å². The molecule has 0 aromatic carbocycles. The summed E-state index contributed by atoms with van der Waals surface area (Å²) < 4.78 is 7.45. The summed E-state index contributed by atoms with van der Waals surface area (Å²) >= 11 is 0. The molecule has 6 rings (SSSR count). The van der Waals surface area contributed by atoms with Gasteiger partial charge in [0.25, 0.3) is 0 Å². The number of amides is 1. The number of anilines is 1. The Morgan fingerprint density at radius 3 is 2.46 bits per heavy atom. The Bertz CT molecular complexity index is 1410. The Kier molecular flexibility index (Phi) is 6.47. The number of nitrogens with zero attached hydrogens (tertiary/aromatic N) is 8. The number of nitrogens with one attached hydrogen (secondary N) is 1. The second-order valence-corrected chi connectivity index (χ2v) is 10.9. The zero-order valence-electron chi connectivity index (χ0n) is 22.4. The Hall–Kier alpha value is -3.76. The molecule has 1 amide bonds. The topological polar surface area (TPSA) is 118 Å². The van der Waals surface area contributed by atoms with Crippen LogP contribution in [0.25, 0.3) is 33.6 Å². The summed E-state index contributed by atoms with van der Waals surface area (Å²) in [5.41, 5.74) is 4.15. The van der Waals surface area contributed by atoms with Crippen LogP contribution in [0, 0.1) is 11.8 Å². The van der Waals surface area contributed by atoms with E-state index in [0.717, 1.165) is 41.0 Å². The van der Waals surface area contributed by atoms with Crippen LogP contribution in [-0.2, 0) is 11.8 Å². The molecule has 2 atom stereocenters. The van der Waals surface area contributed by atoms with Gasteiger partial charge in [-0.15, -0.1) is 0 Å². The number of hydrogen-bond acceptors (Lipinski definition) is 8. The lowest BCUT2D eigenvalue weighted by Gasteiger charge is -2.26. The predicted octanol–water partition coefficient (Wildman–Crippen LogP) is 4.02. The lowest BCUT2D eigenvalue weighted by molar-refractivity contribution is 0.0282. The minimum Gasteiger partial charge on any atom is -0.444 e. The number of imidazole rings is 2. The summed E-state index contributed by atoms with van der Waals surface area (Å²) in [6.07, 6.45) is 6.22. The quantitative estimate of drug-likeness (QED) is 0.434. The zero-order chi connectivity index (χ0) is 26.3. The van der Waals surface area contributed by atoms with Crippen molar-refractivity contribution in [2.24, 2.45) is 18.9 Å². The third-order valence-corrected chi connectivity index (χ3v) is 6.52. The van der Waals surface area contributed by atoms with E-state index in [-0.39, 0.29) is 6.09 Å². The van der Waals surface area contributed by atoms with E-state index < -0.39 is 5.60 Å². The molecule has 0 spiro atoms. The molecular weight excluding hydrogens is 470 g/mol. The standard InChI is InChI=1S/C23H27N9O2.C3H8/c1-23(2,3)34-22(33)32-9-14-7-31(8-15(14)10-32)21-28-17(18-19(29-21)26-11-25-18)13-5-16-20(24-6-13)30(4)12-27-16;1-3-2/h5-6,11-12,14-15H,7-10H2,1-4H3,(H,25,26,28,29);3H2,1-2H3. The molecule has 196 valence electrons. The molecule has 4 aromatic heterocycles. The summed E-state index contributed by atoms with van der Waals surface area (Å²) in [4.78, 5) is 42.8. The first-order valence-corrected chi connectivity index (χ1v) is 12.9. The SMILES string of the molecule is CCC.Cn1cnc2cc(-c3nc(N4CC5CN(C(=O)OC(C)(C)C)CC5C4)nc4nc[nH]c34)cnc21. The van der Waals surface area contributed by atoms with E-state index in [2.05, 4.69) is 38.7 Å². The maximum Gasteiger partial charge on any atom is 0.410 e. The van der Waals surface area contributed by atoms with Crippen molar-refractivity contribution in [1.29, 1.82) is 0 Å². The number of rotatable bonds is 2. The molecule has 2 saturated heterocycles. The van der Waals surface area contributed by atoms with Crippen LogP contribution >= 0.6 is 0 Å². The number of aryl methyl sites for hydroxylation is 1. The summed E-state index contributed by atoms with van der Waals surface area (Å²) in [5.74, 6) is 1.37. The smallest absolute Gasteiger partial charge is 0.410 e. The first-order valence-electron chi connectivity index (χ1n) is 12.9. The highest BCUT2D eigenvalue weighted by atomic mass is 16.6. The van der Waals surface area contributed by atoms with E-state index in [1.165, 1.54) is 6.42 Å². The average molecular weight is 506 g/mol. The maximum absolute atomic E-state index is 12.5. The van der Waals surface area contributed by atoms with Crippen LogP contribution in [0.3, 0.4) is 0 Å². The lowest BCUT2D eigenvalue weighted by atomic mass is 10.0. The summed E-state index contributed by atoms with van der Waals surface area (Å²) in [6, 6.07) is 1.99. The summed E-state index contributed by atoms with van der Waals surface area (Å²) in [6.45, 7) is 12.9. The van der Waals surface area contributed by atoms with E-state index in [4.69, 9.17) is 14.7 Å². The molecule has 0 saturated carbocycles. The van der Waals surface area contributed by atoms with E-state index in [9.17, 15) is 4.79 Å². The van der Waals surface area contributed by atoms with Gasteiger partial charge in [0.15, 0.2) is 11.3 Å². The lowest BCUT2D eigenvalue weighted by Crippen LogP contribution is -2.37. The number of aromatic nitrogens is 7. The van der Waals surface area contributed by atoms with Gasteiger partial charge in [0.05, 0.1) is 12.7 Å². The Morgan fingerprint density at radius 1 is 1.08 bits per heavy atom. The molecule has 0 bridgehead atoms. The Morgan fingerprint density at radius 2 is 1.78 bits per heavy atom.